The lowest BCUT2D eigenvalue weighted by molar-refractivity contribution is 0.434. The summed E-state index contributed by atoms with van der Waals surface area (Å²) in [5.41, 5.74) is 2.62. The van der Waals surface area contributed by atoms with Crippen molar-refractivity contribution >= 4 is 21.7 Å². The van der Waals surface area contributed by atoms with Gasteiger partial charge in [-0.05, 0) is 0 Å². The monoisotopic (exact) mass is 154 g/mol. The molecule has 0 fully saturated rings. The maximum atomic E-state index is 9.16. The first-order chi connectivity index (χ1) is 4.79. The van der Waals surface area contributed by atoms with Crippen LogP contribution in [0.25, 0.3) is 10.3 Å². The fourth-order valence-electron chi connectivity index (χ4n) is 0.922. The quantitative estimate of drug-likeness (QED) is 0.621. The molecule has 52 valence electrons. The fraction of sp³-hybridized carbons (Fsp3) is 0.167. The van der Waals surface area contributed by atoms with E-state index in [9.17, 15) is 0 Å². The summed E-state index contributed by atoms with van der Waals surface area (Å²) in [7, 11) is 1.79. The Labute approximate surface area is 61.6 Å². The van der Waals surface area contributed by atoms with Crippen LogP contribution in [0.2, 0.25) is 0 Å². The van der Waals surface area contributed by atoms with Crippen LogP contribution in [-0.4, -0.2) is 14.7 Å². The van der Waals surface area contributed by atoms with Crippen LogP contribution >= 0.6 is 11.3 Å². The van der Waals surface area contributed by atoms with Crippen LogP contribution in [0.3, 0.4) is 0 Å². The van der Waals surface area contributed by atoms with Gasteiger partial charge in [-0.3, -0.25) is 4.57 Å². The second-order valence-corrected chi connectivity index (χ2v) is 2.99. The molecule has 0 aliphatic carbocycles. The van der Waals surface area contributed by atoms with E-state index in [1.807, 2.05) is 0 Å². The van der Waals surface area contributed by atoms with E-state index < -0.39 is 0 Å². The Balaban J connectivity index is 2.95. The third-order valence-corrected chi connectivity index (χ3v) is 2.26. The number of aromatic hydroxyl groups is 1. The lowest BCUT2D eigenvalue weighted by Gasteiger charge is -1.91. The second-order valence-electron chi connectivity index (χ2n) is 2.10. The second kappa shape index (κ2) is 1.73. The Morgan fingerprint density at radius 1 is 1.70 bits per heavy atom. The van der Waals surface area contributed by atoms with Crippen molar-refractivity contribution < 1.29 is 5.11 Å². The summed E-state index contributed by atoms with van der Waals surface area (Å²) in [5, 5.41) is 9.16. The van der Waals surface area contributed by atoms with E-state index in [1.165, 1.54) is 11.3 Å². The van der Waals surface area contributed by atoms with E-state index in [4.69, 9.17) is 5.11 Å². The summed E-state index contributed by atoms with van der Waals surface area (Å²) in [6.45, 7) is 0. The van der Waals surface area contributed by atoms with Crippen LogP contribution in [0.15, 0.2) is 11.6 Å². The van der Waals surface area contributed by atoms with Crippen molar-refractivity contribution in [2.75, 3.05) is 0 Å². The molecule has 4 heteroatoms. The number of hydrogen-bond acceptors (Lipinski definition) is 3. The molecule has 0 saturated carbocycles. The summed E-state index contributed by atoms with van der Waals surface area (Å²) in [6.07, 6.45) is 0. The van der Waals surface area contributed by atoms with Gasteiger partial charge < -0.3 is 5.11 Å². The lowest BCUT2D eigenvalue weighted by Crippen LogP contribution is -1.84. The van der Waals surface area contributed by atoms with E-state index in [-0.39, 0.29) is 5.88 Å². The summed E-state index contributed by atoms with van der Waals surface area (Å²) < 4.78 is 2.69. The Bertz CT molecular complexity index is 363. The summed E-state index contributed by atoms with van der Waals surface area (Å²) in [4.78, 5) is 4.06. The number of nitrogens with zero attached hydrogens (tertiary/aromatic N) is 2. The molecule has 10 heavy (non-hydrogen) atoms. The highest BCUT2D eigenvalue weighted by molar-refractivity contribution is 7.16. The molecule has 2 aromatic heterocycles. The average molecular weight is 154 g/mol. The fourth-order valence-corrected chi connectivity index (χ4v) is 1.66. The van der Waals surface area contributed by atoms with Crippen LogP contribution in [0, 0.1) is 0 Å². The molecule has 0 spiro atoms. The topological polar surface area (TPSA) is 38.0 Å². The van der Waals surface area contributed by atoms with Crippen molar-refractivity contribution in [2.24, 2.45) is 7.05 Å². The molecule has 2 rings (SSSR count). The SMILES string of the molecule is Cn1c(O)cc2scnc21. The van der Waals surface area contributed by atoms with Crippen LogP contribution < -0.4 is 0 Å². The molecule has 2 heterocycles. The van der Waals surface area contributed by atoms with Crippen molar-refractivity contribution in [3.8, 4) is 5.88 Å². The largest absolute Gasteiger partial charge is 0.494 e. The van der Waals surface area contributed by atoms with Crippen LogP contribution in [0.4, 0.5) is 0 Å². The Morgan fingerprint density at radius 2 is 2.50 bits per heavy atom. The van der Waals surface area contributed by atoms with Crippen molar-refractivity contribution in [3.63, 3.8) is 0 Å². The predicted molar refractivity (Wildman–Crippen MR) is 40.3 cm³/mol. The Hall–Kier alpha value is -1.03. The number of fused-ring (bicyclic) bond motifs is 1. The van der Waals surface area contributed by atoms with Gasteiger partial charge in [0.15, 0.2) is 11.5 Å². The molecule has 1 N–H and O–H groups in total. The minimum atomic E-state index is 0.273. The van der Waals surface area contributed by atoms with Crippen molar-refractivity contribution in [2.45, 2.75) is 0 Å². The van der Waals surface area contributed by atoms with E-state index in [2.05, 4.69) is 4.98 Å². The zero-order valence-corrected chi connectivity index (χ0v) is 6.22. The molecule has 0 amide bonds. The molecule has 0 saturated heterocycles. The summed E-state index contributed by atoms with van der Waals surface area (Å²) in [6, 6.07) is 1.72. The van der Waals surface area contributed by atoms with Gasteiger partial charge in [0.2, 0.25) is 0 Å². The maximum Gasteiger partial charge on any atom is 0.193 e. The molecule has 2 aromatic rings. The van der Waals surface area contributed by atoms with Gasteiger partial charge in [0.1, 0.15) is 0 Å². The Morgan fingerprint density at radius 3 is 3.20 bits per heavy atom. The molecule has 0 bridgehead atoms. The van der Waals surface area contributed by atoms with Crippen molar-refractivity contribution in [1.29, 1.82) is 0 Å². The van der Waals surface area contributed by atoms with Crippen molar-refractivity contribution in [1.82, 2.24) is 9.55 Å². The van der Waals surface area contributed by atoms with Gasteiger partial charge in [0, 0.05) is 13.1 Å². The predicted octanol–water partition coefficient (Wildman–Crippen LogP) is 1.34. The highest BCUT2D eigenvalue weighted by Crippen LogP contribution is 2.24. The number of rotatable bonds is 0. The zero-order chi connectivity index (χ0) is 7.14. The maximum absolute atomic E-state index is 9.16. The zero-order valence-electron chi connectivity index (χ0n) is 5.40. The minimum absolute atomic E-state index is 0.273. The van der Waals surface area contributed by atoms with E-state index in [0.29, 0.717) is 0 Å². The van der Waals surface area contributed by atoms with Gasteiger partial charge in [-0.1, -0.05) is 0 Å². The highest BCUT2D eigenvalue weighted by atomic mass is 32.1. The van der Waals surface area contributed by atoms with E-state index in [1.54, 1.807) is 23.2 Å². The van der Waals surface area contributed by atoms with Crippen LogP contribution in [0.5, 0.6) is 5.88 Å². The van der Waals surface area contributed by atoms with Crippen LogP contribution in [-0.2, 0) is 7.05 Å². The molecule has 0 aliphatic heterocycles. The minimum Gasteiger partial charge on any atom is -0.494 e. The standard InChI is InChI=1S/C6H6N2OS/c1-8-5(9)2-4-6(8)7-3-10-4/h2-3,9H,1H3. The first-order valence-corrected chi connectivity index (χ1v) is 3.75. The molecular formula is C6H6N2OS. The van der Waals surface area contributed by atoms with Crippen LogP contribution in [0.1, 0.15) is 0 Å². The molecule has 0 radical (unpaired) electrons. The third-order valence-electron chi connectivity index (χ3n) is 1.50. The molecule has 0 aliphatic rings. The van der Waals surface area contributed by atoms with Gasteiger partial charge in [-0.25, -0.2) is 4.98 Å². The number of hydrogen-bond donors (Lipinski definition) is 1. The molecule has 0 unspecified atom stereocenters. The third kappa shape index (κ3) is 0.565. The number of aromatic nitrogens is 2. The summed E-state index contributed by atoms with van der Waals surface area (Å²) >= 11 is 1.53. The van der Waals surface area contributed by atoms with E-state index >= 15 is 0 Å². The molecule has 3 nitrogen and oxygen atoms in total. The number of aryl methyl sites for hydroxylation is 1. The van der Waals surface area contributed by atoms with Gasteiger partial charge in [-0.15, -0.1) is 11.3 Å². The van der Waals surface area contributed by atoms with E-state index in [0.717, 1.165) is 10.3 Å². The van der Waals surface area contributed by atoms with Crippen molar-refractivity contribution in [3.05, 3.63) is 11.6 Å². The molecular weight excluding hydrogens is 148 g/mol. The Kier molecular flexibility index (Phi) is 0.990. The summed E-state index contributed by atoms with van der Waals surface area (Å²) in [5.74, 6) is 0.273. The normalized spacial score (nSPS) is 10.9. The van der Waals surface area contributed by atoms with Gasteiger partial charge >= 0.3 is 0 Å². The number of thiazole rings is 1. The first-order valence-electron chi connectivity index (χ1n) is 2.87. The van der Waals surface area contributed by atoms with Gasteiger partial charge in [-0.2, -0.15) is 0 Å². The first kappa shape index (κ1) is 5.73. The highest BCUT2D eigenvalue weighted by Gasteiger charge is 2.04. The van der Waals surface area contributed by atoms with Gasteiger partial charge in [0.25, 0.3) is 0 Å². The average Bonchev–Trinajstić information content (AvgIpc) is 2.41. The molecule has 0 aromatic carbocycles. The molecule has 0 atom stereocenters. The smallest absolute Gasteiger partial charge is 0.193 e. The van der Waals surface area contributed by atoms with Gasteiger partial charge in [0.05, 0.1) is 10.2 Å². The lowest BCUT2D eigenvalue weighted by atomic mass is 10.6.